The summed E-state index contributed by atoms with van der Waals surface area (Å²) < 4.78 is 5.52. The van der Waals surface area contributed by atoms with Gasteiger partial charge in [-0.3, -0.25) is 9.69 Å². The van der Waals surface area contributed by atoms with Gasteiger partial charge in [0.05, 0.1) is 13.1 Å². The van der Waals surface area contributed by atoms with Crippen molar-refractivity contribution in [2.24, 2.45) is 0 Å². The van der Waals surface area contributed by atoms with Crippen LogP contribution in [0.25, 0.3) is 0 Å². The van der Waals surface area contributed by atoms with Gasteiger partial charge in [0.2, 0.25) is 5.91 Å². The third-order valence-electron chi connectivity index (χ3n) is 3.32. The first-order valence-electron chi connectivity index (χ1n) is 7.61. The van der Waals surface area contributed by atoms with Crippen molar-refractivity contribution < 1.29 is 9.53 Å². The number of benzene rings is 2. The largest absolute Gasteiger partial charge is 0.492 e. The summed E-state index contributed by atoms with van der Waals surface area (Å²) in [5.74, 6) is 0.675. The number of nitrogens with one attached hydrogen (secondary N) is 1. The average Bonchev–Trinajstić information content (AvgIpc) is 2.55. The zero-order valence-electron chi connectivity index (χ0n) is 13.5. The highest BCUT2D eigenvalue weighted by Gasteiger charge is 2.08. The molecule has 1 N–H and O–H groups in total. The number of ether oxygens (including phenoxy) is 1. The van der Waals surface area contributed by atoms with Crippen LogP contribution in [0.15, 0.2) is 48.5 Å². The molecule has 0 heterocycles. The second kappa shape index (κ2) is 9.52. The molecule has 0 saturated carbocycles. The van der Waals surface area contributed by atoms with Crippen LogP contribution in [-0.2, 0) is 11.3 Å². The zero-order valence-corrected chi connectivity index (χ0v) is 15.0. The molecule has 0 atom stereocenters. The van der Waals surface area contributed by atoms with Gasteiger partial charge in [-0.25, -0.2) is 0 Å². The molecule has 0 fully saturated rings. The van der Waals surface area contributed by atoms with Gasteiger partial charge >= 0.3 is 0 Å². The fourth-order valence-electron chi connectivity index (χ4n) is 2.16. The third kappa shape index (κ3) is 6.40. The monoisotopic (exact) mass is 366 g/mol. The predicted octanol–water partition coefficient (Wildman–Crippen LogP) is 3.62. The minimum Gasteiger partial charge on any atom is -0.492 e. The van der Waals surface area contributed by atoms with E-state index in [9.17, 15) is 4.79 Å². The van der Waals surface area contributed by atoms with E-state index in [1.807, 2.05) is 36.2 Å². The lowest BCUT2D eigenvalue weighted by atomic mass is 10.2. The molecule has 0 aliphatic heterocycles. The smallest absolute Gasteiger partial charge is 0.234 e. The molecule has 0 radical (unpaired) electrons. The minimum absolute atomic E-state index is 0.0516. The molecule has 0 unspecified atom stereocenters. The van der Waals surface area contributed by atoms with E-state index in [0.29, 0.717) is 36.3 Å². The molecule has 0 aliphatic rings. The number of hydrogen-bond acceptors (Lipinski definition) is 3. The van der Waals surface area contributed by atoms with Crippen molar-refractivity contribution in [3.8, 4) is 5.75 Å². The van der Waals surface area contributed by atoms with Crippen LogP contribution < -0.4 is 10.1 Å². The van der Waals surface area contributed by atoms with Gasteiger partial charge in [-0.1, -0.05) is 41.4 Å². The van der Waals surface area contributed by atoms with Crippen molar-refractivity contribution in [1.82, 2.24) is 10.2 Å². The highest BCUT2D eigenvalue weighted by molar-refractivity contribution is 6.31. The van der Waals surface area contributed by atoms with Crippen molar-refractivity contribution in [2.45, 2.75) is 6.54 Å². The van der Waals surface area contributed by atoms with Gasteiger partial charge in [0.1, 0.15) is 12.4 Å². The van der Waals surface area contributed by atoms with Crippen molar-refractivity contribution in [2.75, 3.05) is 26.7 Å². The van der Waals surface area contributed by atoms with E-state index in [0.717, 1.165) is 11.3 Å². The number of likely N-dealkylation sites (N-methyl/N-ethyl adjacent to an activating group) is 1. The molecule has 0 aromatic heterocycles. The van der Waals surface area contributed by atoms with Crippen LogP contribution in [-0.4, -0.2) is 37.6 Å². The van der Waals surface area contributed by atoms with E-state index in [2.05, 4.69) is 5.32 Å². The normalized spacial score (nSPS) is 10.7. The lowest BCUT2D eigenvalue weighted by Gasteiger charge is -2.17. The van der Waals surface area contributed by atoms with Gasteiger partial charge in [-0.15, -0.1) is 0 Å². The lowest BCUT2D eigenvalue weighted by Crippen LogP contribution is -2.36. The van der Waals surface area contributed by atoms with E-state index in [1.165, 1.54) is 0 Å². The van der Waals surface area contributed by atoms with Crippen LogP contribution in [0, 0.1) is 0 Å². The Balaban J connectivity index is 1.65. The van der Waals surface area contributed by atoms with E-state index in [4.69, 9.17) is 27.9 Å². The highest BCUT2D eigenvalue weighted by atomic mass is 35.5. The van der Waals surface area contributed by atoms with Gasteiger partial charge in [0.15, 0.2) is 0 Å². The minimum atomic E-state index is -0.0516. The highest BCUT2D eigenvalue weighted by Crippen LogP contribution is 2.16. The number of halogens is 2. The number of nitrogens with zero attached hydrogens (tertiary/aromatic N) is 1. The number of rotatable bonds is 8. The van der Waals surface area contributed by atoms with Crippen LogP contribution in [0.1, 0.15) is 5.56 Å². The summed E-state index contributed by atoms with van der Waals surface area (Å²) in [5.41, 5.74) is 1.00. The molecule has 0 saturated heterocycles. The Morgan fingerprint density at radius 3 is 2.54 bits per heavy atom. The maximum absolute atomic E-state index is 11.9. The predicted molar refractivity (Wildman–Crippen MR) is 97.7 cm³/mol. The van der Waals surface area contributed by atoms with Crippen LogP contribution in [0.5, 0.6) is 5.75 Å². The van der Waals surface area contributed by atoms with E-state index in [1.54, 1.807) is 24.3 Å². The van der Waals surface area contributed by atoms with E-state index < -0.39 is 0 Å². The number of carbonyl (C=O) groups is 1. The van der Waals surface area contributed by atoms with Gasteiger partial charge in [-0.2, -0.15) is 0 Å². The second-order valence-corrected chi connectivity index (χ2v) is 6.26. The maximum atomic E-state index is 11.9. The topological polar surface area (TPSA) is 41.6 Å². The van der Waals surface area contributed by atoms with Crippen LogP contribution in [0.4, 0.5) is 0 Å². The molecule has 2 aromatic carbocycles. The lowest BCUT2D eigenvalue weighted by molar-refractivity contribution is -0.122. The quantitative estimate of drug-likeness (QED) is 0.725. The molecule has 0 aliphatic carbocycles. The number of amides is 1. The molecule has 0 bridgehead atoms. The number of hydrogen-bond donors (Lipinski definition) is 1. The molecule has 128 valence electrons. The molecule has 1 amide bonds. The van der Waals surface area contributed by atoms with Crippen molar-refractivity contribution in [3.05, 3.63) is 64.1 Å². The molecule has 2 aromatic rings. The summed E-state index contributed by atoms with van der Waals surface area (Å²) in [6, 6.07) is 14.7. The summed E-state index contributed by atoms with van der Waals surface area (Å²) in [5, 5.41) is 4.20. The summed E-state index contributed by atoms with van der Waals surface area (Å²) in [6.45, 7) is 1.77. The maximum Gasteiger partial charge on any atom is 0.234 e. The molecular weight excluding hydrogens is 347 g/mol. The summed E-state index contributed by atoms with van der Waals surface area (Å²) in [6.07, 6.45) is 0. The molecular formula is C18H20Cl2N2O2. The first-order chi connectivity index (χ1) is 11.5. The molecule has 0 spiro atoms. The van der Waals surface area contributed by atoms with Gasteiger partial charge in [0.25, 0.3) is 0 Å². The van der Waals surface area contributed by atoms with Crippen LogP contribution in [0.2, 0.25) is 10.0 Å². The first-order valence-corrected chi connectivity index (χ1v) is 8.37. The summed E-state index contributed by atoms with van der Waals surface area (Å²) in [7, 11) is 1.88. The average molecular weight is 367 g/mol. The molecule has 4 nitrogen and oxygen atoms in total. The Labute approximate surface area is 152 Å². The van der Waals surface area contributed by atoms with Crippen LogP contribution >= 0.6 is 23.2 Å². The van der Waals surface area contributed by atoms with Crippen molar-refractivity contribution >= 4 is 29.1 Å². The third-order valence-corrected chi connectivity index (χ3v) is 3.94. The van der Waals surface area contributed by atoms with E-state index in [-0.39, 0.29) is 5.91 Å². The van der Waals surface area contributed by atoms with Gasteiger partial charge in [0, 0.05) is 16.6 Å². The van der Waals surface area contributed by atoms with Crippen molar-refractivity contribution in [3.63, 3.8) is 0 Å². The SMILES string of the molecule is CN(CC(=O)NCCOc1ccc(Cl)cc1)Cc1ccccc1Cl. The first kappa shape index (κ1) is 18.6. The Morgan fingerprint density at radius 1 is 1.12 bits per heavy atom. The fourth-order valence-corrected chi connectivity index (χ4v) is 2.49. The van der Waals surface area contributed by atoms with E-state index >= 15 is 0 Å². The summed E-state index contributed by atoms with van der Waals surface area (Å²) >= 11 is 11.9. The molecule has 2 rings (SSSR count). The van der Waals surface area contributed by atoms with Gasteiger partial charge < -0.3 is 10.1 Å². The molecule has 6 heteroatoms. The zero-order chi connectivity index (χ0) is 17.4. The Kier molecular flexibility index (Phi) is 7.37. The summed E-state index contributed by atoms with van der Waals surface area (Å²) in [4.78, 5) is 13.8. The van der Waals surface area contributed by atoms with Crippen LogP contribution in [0.3, 0.4) is 0 Å². The Bertz CT molecular complexity index is 662. The van der Waals surface area contributed by atoms with Crippen molar-refractivity contribution in [1.29, 1.82) is 0 Å². The molecule has 24 heavy (non-hydrogen) atoms. The Hall–Kier alpha value is -1.75. The standard InChI is InChI=1S/C18H20Cl2N2O2/c1-22(12-14-4-2-3-5-17(14)20)13-18(23)21-10-11-24-16-8-6-15(19)7-9-16/h2-9H,10-13H2,1H3,(H,21,23). The second-order valence-electron chi connectivity index (χ2n) is 5.42. The van der Waals surface area contributed by atoms with Gasteiger partial charge in [-0.05, 0) is 42.9 Å². The fraction of sp³-hybridized carbons (Fsp3) is 0.278. The number of carbonyl (C=O) groups excluding carboxylic acids is 1. The Morgan fingerprint density at radius 2 is 1.83 bits per heavy atom.